The molecule has 3 atom stereocenters. The van der Waals surface area contributed by atoms with Crippen LogP contribution in [0.4, 0.5) is 0 Å². The number of hydrogen-bond acceptors (Lipinski definition) is 3. The van der Waals surface area contributed by atoms with Gasteiger partial charge >= 0.3 is 0 Å². The van der Waals surface area contributed by atoms with Gasteiger partial charge in [0, 0.05) is 12.2 Å². The number of fused-ring (bicyclic) bond motifs is 2. The summed E-state index contributed by atoms with van der Waals surface area (Å²) in [6, 6.07) is 6.40. The Morgan fingerprint density at radius 1 is 0.969 bits per heavy atom. The van der Waals surface area contributed by atoms with E-state index in [-0.39, 0.29) is 17.0 Å². The van der Waals surface area contributed by atoms with Crippen LogP contribution in [0, 0.1) is 23.2 Å². The van der Waals surface area contributed by atoms with Crippen LogP contribution in [-0.2, 0) is 11.3 Å². The lowest BCUT2D eigenvalue weighted by molar-refractivity contribution is -0.945. The summed E-state index contributed by atoms with van der Waals surface area (Å²) in [4.78, 5) is 0. The molecule has 4 fully saturated rings. The van der Waals surface area contributed by atoms with Crippen molar-refractivity contribution >= 4 is 0 Å². The quantitative estimate of drug-likeness (QED) is 0.358. The molecule has 1 aliphatic heterocycles. The second-order valence-electron chi connectivity index (χ2n) is 11.0. The normalized spacial score (nSPS) is 27.7. The van der Waals surface area contributed by atoms with E-state index in [2.05, 4.69) is 26.0 Å². The van der Waals surface area contributed by atoms with Crippen molar-refractivity contribution in [2.24, 2.45) is 23.2 Å². The maximum absolute atomic E-state index is 6.26. The van der Waals surface area contributed by atoms with Crippen LogP contribution in [0.25, 0.3) is 0 Å². The molecule has 0 radical (unpaired) electrons. The molecule has 3 saturated carbocycles. The molecule has 0 aromatic heterocycles. The molecule has 182 valence electrons. The number of benzene rings is 1. The first-order valence-corrected chi connectivity index (χ1v) is 12.6. The Morgan fingerprint density at radius 3 is 2.38 bits per heavy atom. The smallest absolute Gasteiger partial charge is 0.161 e. The van der Waals surface area contributed by atoms with Gasteiger partial charge in [0.05, 0.1) is 33.9 Å². The molecule has 2 bridgehead atoms. The zero-order valence-corrected chi connectivity index (χ0v) is 22.3. The molecule has 0 amide bonds. The molecule has 4 nitrogen and oxygen atoms in total. The second kappa shape index (κ2) is 11.1. The van der Waals surface area contributed by atoms with Gasteiger partial charge in [0.25, 0.3) is 0 Å². The molecule has 1 saturated heterocycles. The van der Waals surface area contributed by atoms with Gasteiger partial charge in [-0.15, -0.1) is 0 Å². The highest BCUT2D eigenvalue weighted by atomic mass is 79.9. The first-order valence-electron chi connectivity index (χ1n) is 12.6. The Kier molecular flexibility index (Phi) is 8.96. The van der Waals surface area contributed by atoms with Crippen LogP contribution in [0.1, 0.15) is 64.4 Å². The van der Waals surface area contributed by atoms with Crippen LogP contribution < -0.4 is 26.5 Å². The van der Waals surface area contributed by atoms with Crippen LogP contribution >= 0.6 is 0 Å². The fourth-order valence-electron chi connectivity index (χ4n) is 6.91. The Morgan fingerprint density at radius 2 is 1.72 bits per heavy atom. The summed E-state index contributed by atoms with van der Waals surface area (Å²) < 4.78 is 18.4. The first-order chi connectivity index (χ1) is 15.0. The molecular formula is C27H44BrNO3. The topological polar surface area (TPSA) is 27.7 Å². The highest BCUT2D eigenvalue weighted by molar-refractivity contribution is 5.42. The number of quaternary nitrogens is 1. The lowest BCUT2D eigenvalue weighted by atomic mass is 9.45. The Balaban J connectivity index is 0.00000289. The number of likely N-dealkylation sites (tertiary alicyclic amines) is 1. The highest BCUT2D eigenvalue weighted by Gasteiger charge is 2.53. The van der Waals surface area contributed by atoms with Gasteiger partial charge in [-0.25, -0.2) is 0 Å². The van der Waals surface area contributed by atoms with Gasteiger partial charge in [0.1, 0.15) is 13.1 Å². The van der Waals surface area contributed by atoms with Gasteiger partial charge < -0.3 is 35.7 Å². The summed E-state index contributed by atoms with van der Waals surface area (Å²) in [5.74, 6) is 4.48. The van der Waals surface area contributed by atoms with E-state index < -0.39 is 0 Å². The number of hydrogen-bond donors (Lipinski definition) is 0. The zero-order valence-electron chi connectivity index (χ0n) is 20.7. The third-order valence-electron chi connectivity index (χ3n) is 9.08. The molecule has 4 aliphatic rings. The molecule has 1 aromatic carbocycles. The minimum absolute atomic E-state index is 0. The minimum Gasteiger partial charge on any atom is -1.00 e. The molecule has 0 spiro atoms. The van der Waals surface area contributed by atoms with E-state index in [1.807, 2.05) is 6.07 Å². The van der Waals surface area contributed by atoms with Crippen LogP contribution in [0.2, 0.25) is 0 Å². The SMILES string of the molecule is COc1ccc(C[N+]2(CCOCCC3CC[C@@H]4C[C@H]3C4(C)C)CCCCC2)cc1OC.[Br-]. The fraction of sp³-hybridized carbons (Fsp3) is 0.778. The summed E-state index contributed by atoms with van der Waals surface area (Å²) in [6.07, 6.45) is 9.63. The van der Waals surface area contributed by atoms with Gasteiger partial charge in [-0.3, -0.25) is 0 Å². The standard InChI is InChI=1S/C27H44NO3.BrH/c1-27(2)23-10-9-22(24(27)19-23)12-16-31-17-15-28(13-6-5-7-14-28)20-21-8-11-25(29-3)26(18-21)30-4;/h8,11,18,22-24H,5-7,9-10,12-17,19-20H2,1-4H3;1H/q+1;/p-1/t22?,23-,24-;/m1./s1. The number of rotatable bonds is 10. The Hall–Kier alpha value is -0.780. The molecule has 5 heteroatoms. The summed E-state index contributed by atoms with van der Waals surface area (Å²) in [6.45, 7) is 11.5. The van der Waals surface area contributed by atoms with Gasteiger partial charge in [-0.05, 0) is 86.3 Å². The molecule has 1 unspecified atom stereocenters. The lowest BCUT2D eigenvalue weighted by Crippen LogP contribution is -3.00. The largest absolute Gasteiger partial charge is 1.00 e. The summed E-state index contributed by atoms with van der Waals surface area (Å²) >= 11 is 0. The maximum atomic E-state index is 6.26. The zero-order chi connectivity index (χ0) is 21.9. The van der Waals surface area contributed by atoms with Crippen molar-refractivity contribution in [1.82, 2.24) is 0 Å². The molecule has 5 rings (SSSR count). The Labute approximate surface area is 206 Å². The highest BCUT2D eigenvalue weighted by Crippen LogP contribution is 2.61. The maximum Gasteiger partial charge on any atom is 0.161 e. The molecule has 1 aromatic rings. The molecule has 1 heterocycles. The average molecular weight is 511 g/mol. The fourth-order valence-corrected chi connectivity index (χ4v) is 6.91. The molecular weight excluding hydrogens is 466 g/mol. The number of nitrogens with zero attached hydrogens (tertiary/aromatic N) is 1. The van der Waals surface area contributed by atoms with Crippen molar-refractivity contribution in [2.45, 2.75) is 65.3 Å². The summed E-state index contributed by atoms with van der Waals surface area (Å²) in [7, 11) is 3.42. The predicted molar refractivity (Wildman–Crippen MR) is 126 cm³/mol. The first kappa shape index (κ1) is 25.8. The van der Waals surface area contributed by atoms with Gasteiger partial charge in [0.2, 0.25) is 0 Å². The van der Waals surface area contributed by atoms with Crippen molar-refractivity contribution in [3.8, 4) is 11.5 Å². The van der Waals surface area contributed by atoms with Crippen molar-refractivity contribution in [2.75, 3.05) is 47.1 Å². The Bertz CT molecular complexity index is 730. The van der Waals surface area contributed by atoms with Crippen LogP contribution in [0.15, 0.2) is 18.2 Å². The second-order valence-corrected chi connectivity index (χ2v) is 11.0. The van der Waals surface area contributed by atoms with Crippen molar-refractivity contribution in [3.63, 3.8) is 0 Å². The van der Waals surface area contributed by atoms with Gasteiger partial charge in [0.15, 0.2) is 11.5 Å². The van der Waals surface area contributed by atoms with E-state index in [1.54, 1.807) is 14.2 Å². The van der Waals surface area contributed by atoms with E-state index >= 15 is 0 Å². The molecule has 3 aliphatic carbocycles. The summed E-state index contributed by atoms with van der Waals surface area (Å²) in [5, 5.41) is 0. The predicted octanol–water partition coefficient (Wildman–Crippen LogP) is 2.69. The van der Waals surface area contributed by atoms with E-state index in [9.17, 15) is 0 Å². The average Bonchev–Trinajstić information content (AvgIpc) is 2.79. The summed E-state index contributed by atoms with van der Waals surface area (Å²) in [5.41, 5.74) is 1.93. The lowest BCUT2D eigenvalue weighted by Gasteiger charge is -2.60. The number of methoxy groups -OCH3 is 2. The van der Waals surface area contributed by atoms with Gasteiger partial charge in [-0.2, -0.15) is 0 Å². The third-order valence-corrected chi connectivity index (χ3v) is 9.08. The van der Waals surface area contributed by atoms with Crippen molar-refractivity contribution < 1.29 is 35.7 Å². The van der Waals surface area contributed by atoms with E-state index in [0.29, 0.717) is 5.41 Å². The van der Waals surface area contributed by atoms with E-state index in [0.717, 1.165) is 60.0 Å². The molecule has 32 heavy (non-hydrogen) atoms. The monoisotopic (exact) mass is 509 g/mol. The number of piperidine rings is 1. The van der Waals surface area contributed by atoms with Crippen molar-refractivity contribution in [3.05, 3.63) is 23.8 Å². The third kappa shape index (κ3) is 5.47. The number of halogens is 1. The van der Waals surface area contributed by atoms with Gasteiger partial charge in [-0.1, -0.05) is 13.8 Å². The number of ether oxygens (including phenoxy) is 3. The van der Waals surface area contributed by atoms with Crippen LogP contribution in [-0.4, -0.2) is 51.6 Å². The van der Waals surface area contributed by atoms with Crippen molar-refractivity contribution in [1.29, 1.82) is 0 Å². The van der Waals surface area contributed by atoms with Crippen LogP contribution in [0.5, 0.6) is 11.5 Å². The molecule has 0 N–H and O–H groups in total. The van der Waals surface area contributed by atoms with E-state index in [1.165, 1.54) is 63.6 Å². The minimum atomic E-state index is 0. The van der Waals surface area contributed by atoms with E-state index in [4.69, 9.17) is 14.2 Å². The van der Waals surface area contributed by atoms with Crippen LogP contribution in [0.3, 0.4) is 0 Å².